The predicted octanol–water partition coefficient (Wildman–Crippen LogP) is 2.15. The van der Waals surface area contributed by atoms with Crippen LogP contribution in [0.25, 0.3) is 11.1 Å². The van der Waals surface area contributed by atoms with E-state index in [1.807, 2.05) is 37.3 Å². The van der Waals surface area contributed by atoms with Crippen LogP contribution in [0.3, 0.4) is 0 Å². The van der Waals surface area contributed by atoms with Crippen molar-refractivity contribution in [3.63, 3.8) is 0 Å². The topological polar surface area (TPSA) is 71.5 Å². The first-order valence-electron chi connectivity index (χ1n) is 5.22. The van der Waals surface area contributed by atoms with Crippen LogP contribution in [-0.4, -0.2) is 16.0 Å². The molecule has 0 atom stereocenters. The van der Waals surface area contributed by atoms with E-state index in [0.717, 1.165) is 11.1 Å². The van der Waals surface area contributed by atoms with Crippen LogP contribution in [0.1, 0.15) is 11.3 Å². The molecule has 1 aromatic heterocycles. The SMILES string of the molecule is Cc1ccccc1-c1ccnc(/C(N)=N\O)c1. The molecular formula is C13H13N3O. The molecular weight excluding hydrogens is 214 g/mol. The van der Waals surface area contributed by atoms with Crippen LogP contribution in [0.15, 0.2) is 47.8 Å². The second-order valence-electron chi connectivity index (χ2n) is 3.73. The molecule has 0 aliphatic heterocycles. The Labute approximate surface area is 99.4 Å². The number of amidine groups is 1. The molecule has 0 amide bonds. The van der Waals surface area contributed by atoms with E-state index in [9.17, 15) is 0 Å². The zero-order chi connectivity index (χ0) is 12.3. The predicted molar refractivity (Wildman–Crippen MR) is 66.9 cm³/mol. The normalized spacial score (nSPS) is 11.5. The monoisotopic (exact) mass is 227 g/mol. The zero-order valence-electron chi connectivity index (χ0n) is 9.46. The van der Waals surface area contributed by atoms with Crippen molar-refractivity contribution in [3.05, 3.63) is 53.9 Å². The first-order chi connectivity index (χ1) is 8.22. The number of aryl methyl sites for hydroxylation is 1. The zero-order valence-corrected chi connectivity index (χ0v) is 9.46. The Kier molecular flexibility index (Phi) is 3.05. The van der Waals surface area contributed by atoms with Crippen LogP contribution in [0.4, 0.5) is 0 Å². The third-order valence-electron chi connectivity index (χ3n) is 2.59. The van der Waals surface area contributed by atoms with Crippen molar-refractivity contribution in [1.29, 1.82) is 0 Å². The maximum Gasteiger partial charge on any atom is 0.188 e. The lowest BCUT2D eigenvalue weighted by Gasteiger charge is -2.06. The van der Waals surface area contributed by atoms with Gasteiger partial charge in [0, 0.05) is 6.20 Å². The quantitative estimate of drug-likeness (QED) is 0.357. The van der Waals surface area contributed by atoms with Crippen LogP contribution in [0.2, 0.25) is 0 Å². The molecule has 4 heteroatoms. The third kappa shape index (κ3) is 2.25. The van der Waals surface area contributed by atoms with Gasteiger partial charge in [0.25, 0.3) is 0 Å². The van der Waals surface area contributed by atoms with Crippen molar-refractivity contribution in [1.82, 2.24) is 4.98 Å². The molecule has 4 nitrogen and oxygen atoms in total. The number of rotatable bonds is 2. The Hall–Kier alpha value is -2.36. The van der Waals surface area contributed by atoms with Crippen molar-refractivity contribution in [2.75, 3.05) is 0 Å². The number of hydrogen-bond donors (Lipinski definition) is 2. The van der Waals surface area contributed by atoms with Crippen molar-refractivity contribution < 1.29 is 5.21 Å². The minimum absolute atomic E-state index is 0.0143. The molecule has 0 fully saturated rings. The summed E-state index contributed by atoms with van der Waals surface area (Å²) in [6.45, 7) is 2.04. The summed E-state index contributed by atoms with van der Waals surface area (Å²) < 4.78 is 0. The third-order valence-corrected chi connectivity index (χ3v) is 2.59. The molecule has 0 saturated carbocycles. The summed E-state index contributed by atoms with van der Waals surface area (Å²) in [7, 11) is 0. The lowest BCUT2D eigenvalue weighted by atomic mass is 10.0. The van der Waals surface area contributed by atoms with Gasteiger partial charge in [-0.15, -0.1) is 0 Å². The van der Waals surface area contributed by atoms with Gasteiger partial charge in [0.2, 0.25) is 0 Å². The molecule has 0 radical (unpaired) electrons. The van der Waals surface area contributed by atoms with Crippen LogP contribution in [0.5, 0.6) is 0 Å². The highest BCUT2D eigenvalue weighted by Crippen LogP contribution is 2.22. The molecule has 1 heterocycles. The van der Waals surface area contributed by atoms with Crippen LogP contribution in [0, 0.1) is 6.92 Å². The Balaban J connectivity index is 2.51. The van der Waals surface area contributed by atoms with E-state index in [4.69, 9.17) is 10.9 Å². The van der Waals surface area contributed by atoms with Crippen LogP contribution in [-0.2, 0) is 0 Å². The Morgan fingerprint density at radius 3 is 2.76 bits per heavy atom. The summed E-state index contributed by atoms with van der Waals surface area (Å²) in [5, 5.41) is 11.6. The number of nitrogens with two attached hydrogens (primary N) is 1. The number of benzene rings is 1. The van der Waals surface area contributed by atoms with E-state index in [0.29, 0.717) is 5.69 Å². The lowest BCUT2D eigenvalue weighted by molar-refractivity contribution is 0.318. The van der Waals surface area contributed by atoms with E-state index in [2.05, 4.69) is 10.1 Å². The van der Waals surface area contributed by atoms with Crippen molar-refractivity contribution >= 4 is 5.84 Å². The maximum absolute atomic E-state index is 8.63. The summed E-state index contributed by atoms with van der Waals surface area (Å²) >= 11 is 0. The molecule has 0 bridgehead atoms. The molecule has 0 unspecified atom stereocenters. The fourth-order valence-electron chi connectivity index (χ4n) is 1.69. The molecule has 17 heavy (non-hydrogen) atoms. The van der Waals surface area contributed by atoms with Gasteiger partial charge < -0.3 is 10.9 Å². The fraction of sp³-hybridized carbons (Fsp3) is 0.0769. The molecule has 0 spiro atoms. The summed E-state index contributed by atoms with van der Waals surface area (Å²) in [4.78, 5) is 4.05. The first kappa shape index (κ1) is 11.1. The fourth-order valence-corrected chi connectivity index (χ4v) is 1.69. The molecule has 0 aliphatic rings. The van der Waals surface area contributed by atoms with E-state index in [-0.39, 0.29) is 5.84 Å². The van der Waals surface area contributed by atoms with Gasteiger partial charge in [-0.25, -0.2) is 0 Å². The van der Waals surface area contributed by atoms with Gasteiger partial charge in [0.05, 0.1) is 0 Å². The standard InChI is InChI=1S/C13H13N3O/c1-9-4-2-3-5-11(9)10-6-7-15-12(8-10)13(14)16-17/h2-8,17H,1H3,(H2,14,16). The Bertz CT molecular complexity index is 564. The summed E-state index contributed by atoms with van der Waals surface area (Å²) in [6, 6.07) is 11.7. The summed E-state index contributed by atoms with van der Waals surface area (Å²) in [5.74, 6) is 0.0143. The number of hydrogen-bond acceptors (Lipinski definition) is 3. The van der Waals surface area contributed by atoms with E-state index < -0.39 is 0 Å². The average molecular weight is 227 g/mol. The first-order valence-corrected chi connectivity index (χ1v) is 5.22. The minimum Gasteiger partial charge on any atom is -0.409 e. The Morgan fingerprint density at radius 1 is 1.29 bits per heavy atom. The largest absolute Gasteiger partial charge is 0.409 e. The molecule has 2 rings (SSSR count). The molecule has 86 valence electrons. The van der Waals surface area contributed by atoms with Crippen LogP contribution < -0.4 is 5.73 Å². The molecule has 0 saturated heterocycles. The van der Waals surface area contributed by atoms with Crippen molar-refractivity contribution in [2.45, 2.75) is 6.92 Å². The van der Waals surface area contributed by atoms with E-state index in [1.54, 1.807) is 12.3 Å². The van der Waals surface area contributed by atoms with Gasteiger partial charge in [-0.3, -0.25) is 4.98 Å². The van der Waals surface area contributed by atoms with Gasteiger partial charge in [0.15, 0.2) is 5.84 Å². The van der Waals surface area contributed by atoms with E-state index in [1.165, 1.54) is 5.56 Å². The highest BCUT2D eigenvalue weighted by atomic mass is 16.4. The number of aromatic nitrogens is 1. The lowest BCUT2D eigenvalue weighted by Crippen LogP contribution is -2.14. The molecule has 2 aromatic rings. The van der Waals surface area contributed by atoms with Gasteiger partial charge in [-0.1, -0.05) is 29.4 Å². The number of oxime groups is 1. The molecule has 0 aliphatic carbocycles. The maximum atomic E-state index is 8.63. The second-order valence-corrected chi connectivity index (χ2v) is 3.73. The number of nitrogens with zero attached hydrogens (tertiary/aromatic N) is 2. The van der Waals surface area contributed by atoms with Gasteiger partial charge in [-0.05, 0) is 35.7 Å². The van der Waals surface area contributed by atoms with E-state index >= 15 is 0 Å². The highest BCUT2D eigenvalue weighted by Gasteiger charge is 2.05. The second kappa shape index (κ2) is 4.65. The van der Waals surface area contributed by atoms with Gasteiger partial charge >= 0.3 is 0 Å². The minimum atomic E-state index is 0.0143. The molecule has 3 N–H and O–H groups in total. The van der Waals surface area contributed by atoms with Gasteiger partial charge in [-0.2, -0.15) is 0 Å². The van der Waals surface area contributed by atoms with Crippen molar-refractivity contribution in [2.24, 2.45) is 10.9 Å². The average Bonchev–Trinajstić information content (AvgIpc) is 2.38. The van der Waals surface area contributed by atoms with Crippen LogP contribution >= 0.6 is 0 Å². The smallest absolute Gasteiger partial charge is 0.188 e. The van der Waals surface area contributed by atoms with Crippen molar-refractivity contribution in [3.8, 4) is 11.1 Å². The highest BCUT2D eigenvalue weighted by molar-refractivity contribution is 5.96. The Morgan fingerprint density at radius 2 is 2.06 bits per heavy atom. The summed E-state index contributed by atoms with van der Waals surface area (Å²) in [6.07, 6.45) is 1.65. The van der Waals surface area contributed by atoms with Gasteiger partial charge in [0.1, 0.15) is 5.69 Å². The summed E-state index contributed by atoms with van der Waals surface area (Å²) in [5.41, 5.74) is 9.27. The molecule has 1 aromatic carbocycles. The number of pyridine rings is 1.